The van der Waals surface area contributed by atoms with Crippen molar-refractivity contribution in [1.29, 1.82) is 0 Å². The van der Waals surface area contributed by atoms with Crippen molar-refractivity contribution in [3.63, 3.8) is 0 Å². The van der Waals surface area contributed by atoms with Gasteiger partial charge in [0.25, 0.3) is 0 Å². The highest BCUT2D eigenvalue weighted by Crippen LogP contribution is 2.22. The van der Waals surface area contributed by atoms with E-state index in [0.29, 0.717) is 22.5 Å². The number of halogens is 2. The van der Waals surface area contributed by atoms with Gasteiger partial charge in [0.2, 0.25) is 5.91 Å². The molecule has 0 spiro atoms. The number of benzene rings is 1. The van der Waals surface area contributed by atoms with E-state index in [1.54, 1.807) is 11.0 Å². The topological polar surface area (TPSA) is 32.3 Å². The molecule has 104 valence electrons. The van der Waals surface area contributed by atoms with Gasteiger partial charge in [-0.2, -0.15) is 0 Å². The zero-order chi connectivity index (χ0) is 14.0. The second-order valence-corrected chi connectivity index (χ2v) is 6.05. The molecule has 3 nitrogen and oxygen atoms in total. The van der Waals surface area contributed by atoms with Crippen molar-refractivity contribution in [3.8, 4) is 0 Å². The molecule has 1 unspecified atom stereocenters. The van der Waals surface area contributed by atoms with Crippen molar-refractivity contribution in [2.45, 2.75) is 13.5 Å². The van der Waals surface area contributed by atoms with Crippen LogP contribution >= 0.6 is 23.2 Å². The smallest absolute Gasteiger partial charge is 0.225 e. The lowest BCUT2D eigenvalue weighted by Crippen LogP contribution is -2.49. The van der Waals surface area contributed by atoms with Crippen LogP contribution in [0.2, 0.25) is 10.0 Å². The predicted octanol–water partition coefficient (Wildman–Crippen LogP) is 2.81. The van der Waals surface area contributed by atoms with Gasteiger partial charge >= 0.3 is 0 Å². The van der Waals surface area contributed by atoms with Crippen molar-refractivity contribution >= 4 is 29.1 Å². The molecule has 1 saturated heterocycles. The third kappa shape index (κ3) is 3.62. The molecule has 2 rings (SSSR count). The van der Waals surface area contributed by atoms with Crippen LogP contribution in [0.15, 0.2) is 18.2 Å². The maximum atomic E-state index is 12.3. The number of nitrogens with zero attached hydrogens (tertiary/aromatic N) is 1. The van der Waals surface area contributed by atoms with Gasteiger partial charge < -0.3 is 10.2 Å². The van der Waals surface area contributed by atoms with E-state index in [0.717, 1.165) is 18.7 Å². The summed E-state index contributed by atoms with van der Waals surface area (Å²) < 4.78 is 0. The molecule has 0 bridgehead atoms. The van der Waals surface area contributed by atoms with Crippen LogP contribution in [0.4, 0.5) is 0 Å². The van der Waals surface area contributed by atoms with Crippen molar-refractivity contribution in [1.82, 2.24) is 10.2 Å². The lowest BCUT2D eigenvalue weighted by Gasteiger charge is -2.34. The molecule has 19 heavy (non-hydrogen) atoms. The molecule has 0 aromatic heterocycles. The van der Waals surface area contributed by atoms with E-state index in [9.17, 15) is 4.79 Å². The Balaban J connectivity index is 1.99. The molecule has 1 aromatic rings. The van der Waals surface area contributed by atoms with Crippen LogP contribution in [-0.4, -0.2) is 30.9 Å². The summed E-state index contributed by atoms with van der Waals surface area (Å²) in [5.74, 6) is 0.682. The van der Waals surface area contributed by atoms with Gasteiger partial charge in [0.05, 0.1) is 0 Å². The van der Waals surface area contributed by atoms with Crippen LogP contribution in [0.5, 0.6) is 0 Å². The van der Waals surface area contributed by atoms with Crippen molar-refractivity contribution in [2.75, 3.05) is 20.1 Å². The summed E-state index contributed by atoms with van der Waals surface area (Å²) in [5, 5.41) is 4.39. The molecule has 1 fully saturated rings. The fraction of sp³-hybridized carbons (Fsp3) is 0.500. The number of carbonyl (C=O) groups is 1. The van der Waals surface area contributed by atoms with Gasteiger partial charge in [0, 0.05) is 29.6 Å². The number of rotatable bonds is 4. The minimum absolute atomic E-state index is 0.0564. The lowest BCUT2D eigenvalue weighted by molar-refractivity contribution is -0.136. The lowest BCUT2D eigenvalue weighted by atomic mass is 9.88. The first-order valence-corrected chi connectivity index (χ1v) is 7.13. The number of carbonyl (C=O) groups excluding carboxylic acids is 1. The van der Waals surface area contributed by atoms with Gasteiger partial charge in [-0.05, 0) is 42.8 Å². The molecule has 1 atom stereocenters. The van der Waals surface area contributed by atoms with Gasteiger partial charge in [-0.25, -0.2) is 0 Å². The average molecular weight is 301 g/mol. The maximum Gasteiger partial charge on any atom is 0.225 e. The van der Waals surface area contributed by atoms with Crippen LogP contribution in [0.1, 0.15) is 12.5 Å². The van der Waals surface area contributed by atoms with Crippen molar-refractivity contribution < 1.29 is 4.79 Å². The van der Waals surface area contributed by atoms with Crippen LogP contribution in [0.25, 0.3) is 0 Å². The molecule has 1 N–H and O–H groups in total. The molecule has 1 heterocycles. The minimum atomic E-state index is 0.0564. The average Bonchev–Trinajstić information content (AvgIpc) is 2.23. The molecular formula is C14H18Cl2N2O. The summed E-state index contributed by atoms with van der Waals surface area (Å²) in [6, 6.07) is 5.37. The summed E-state index contributed by atoms with van der Waals surface area (Å²) in [7, 11) is 1.82. The molecule has 5 heteroatoms. The third-order valence-electron chi connectivity index (χ3n) is 3.63. The summed E-state index contributed by atoms with van der Waals surface area (Å²) in [5.41, 5.74) is 0.951. The first kappa shape index (κ1) is 14.6. The molecule has 1 aliphatic rings. The molecule has 0 radical (unpaired) electrons. The Kier molecular flexibility index (Phi) is 4.71. The molecule has 1 aromatic carbocycles. The summed E-state index contributed by atoms with van der Waals surface area (Å²) in [6.45, 7) is 4.40. The highest BCUT2D eigenvalue weighted by molar-refractivity contribution is 6.34. The molecular weight excluding hydrogens is 283 g/mol. The van der Waals surface area contributed by atoms with E-state index in [4.69, 9.17) is 23.2 Å². The van der Waals surface area contributed by atoms with Gasteiger partial charge in [-0.3, -0.25) is 4.79 Å². The van der Waals surface area contributed by atoms with Crippen LogP contribution in [0, 0.1) is 11.8 Å². The van der Waals surface area contributed by atoms with Gasteiger partial charge in [-0.15, -0.1) is 0 Å². The highest BCUT2D eigenvalue weighted by Gasteiger charge is 2.30. The van der Waals surface area contributed by atoms with Crippen molar-refractivity contribution in [3.05, 3.63) is 33.8 Å². The fourth-order valence-corrected chi connectivity index (χ4v) is 2.84. The fourth-order valence-electron chi connectivity index (χ4n) is 2.27. The summed E-state index contributed by atoms with van der Waals surface area (Å²) in [4.78, 5) is 14.0. The maximum absolute atomic E-state index is 12.3. The van der Waals surface area contributed by atoms with E-state index < -0.39 is 0 Å². The molecule has 1 amide bonds. The molecule has 0 aliphatic carbocycles. The Hall–Kier alpha value is -0.770. The van der Waals surface area contributed by atoms with E-state index >= 15 is 0 Å². The monoisotopic (exact) mass is 300 g/mol. The number of hydrogen-bond donors (Lipinski definition) is 1. The quantitative estimate of drug-likeness (QED) is 0.927. The Morgan fingerprint density at radius 2 is 1.95 bits per heavy atom. The summed E-state index contributed by atoms with van der Waals surface area (Å²) >= 11 is 11.9. The molecule has 0 saturated carbocycles. The van der Waals surface area contributed by atoms with Crippen LogP contribution in [0.3, 0.4) is 0 Å². The Labute approximate surface area is 123 Å². The number of hydrogen-bond acceptors (Lipinski definition) is 2. The zero-order valence-corrected chi connectivity index (χ0v) is 12.6. The highest BCUT2D eigenvalue weighted by atomic mass is 35.5. The third-order valence-corrected chi connectivity index (χ3v) is 4.06. The Morgan fingerprint density at radius 1 is 1.37 bits per heavy atom. The SMILES string of the molecule is CC(C(=O)N(C)Cc1cc(Cl)cc(Cl)c1)C1CNC1. The normalized spacial score (nSPS) is 16.8. The first-order chi connectivity index (χ1) is 8.97. The van der Waals surface area contributed by atoms with Gasteiger partial charge in [0.1, 0.15) is 0 Å². The van der Waals surface area contributed by atoms with Crippen LogP contribution in [-0.2, 0) is 11.3 Å². The Bertz CT molecular complexity index is 454. The van der Waals surface area contributed by atoms with E-state index in [-0.39, 0.29) is 11.8 Å². The Morgan fingerprint density at radius 3 is 2.42 bits per heavy atom. The predicted molar refractivity (Wildman–Crippen MR) is 78.5 cm³/mol. The standard InChI is InChI=1S/C14H18Cl2N2O/c1-9(11-6-17-7-11)14(19)18(2)8-10-3-12(15)5-13(16)4-10/h3-5,9,11,17H,6-8H2,1-2H3. The first-order valence-electron chi connectivity index (χ1n) is 6.38. The van der Waals surface area contributed by atoms with E-state index in [1.807, 2.05) is 26.1 Å². The van der Waals surface area contributed by atoms with E-state index in [1.165, 1.54) is 0 Å². The summed E-state index contributed by atoms with van der Waals surface area (Å²) in [6.07, 6.45) is 0. The van der Waals surface area contributed by atoms with Crippen molar-refractivity contribution in [2.24, 2.45) is 11.8 Å². The largest absolute Gasteiger partial charge is 0.341 e. The van der Waals surface area contributed by atoms with Crippen LogP contribution < -0.4 is 5.32 Å². The zero-order valence-electron chi connectivity index (χ0n) is 11.1. The van der Waals surface area contributed by atoms with Gasteiger partial charge in [-0.1, -0.05) is 30.1 Å². The second-order valence-electron chi connectivity index (χ2n) is 5.18. The second kappa shape index (κ2) is 6.12. The van der Waals surface area contributed by atoms with E-state index in [2.05, 4.69) is 5.32 Å². The number of nitrogens with one attached hydrogen (secondary N) is 1. The minimum Gasteiger partial charge on any atom is -0.341 e. The molecule has 1 aliphatic heterocycles. The number of amides is 1. The van der Waals surface area contributed by atoms with Gasteiger partial charge in [0.15, 0.2) is 0 Å².